The molecule has 3 aromatic rings. The first kappa shape index (κ1) is 23.1. The van der Waals surface area contributed by atoms with Gasteiger partial charge in [-0.2, -0.15) is 5.10 Å². The number of nitrogens with zero attached hydrogens (tertiary/aromatic N) is 2. The fourth-order valence-electron chi connectivity index (χ4n) is 3.69. The topological polar surface area (TPSA) is 121 Å². The van der Waals surface area contributed by atoms with Crippen LogP contribution in [-0.4, -0.2) is 28.4 Å². The molecule has 1 saturated carbocycles. The summed E-state index contributed by atoms with van der Waals surface area (Å²) in [5.74, 6) is -1.55. The summed E-state index contributed by atoms with van der Waals surface area (Å²) in [6.45, 7) is 0.506. The van der Waals surface area contributed by atoms with Crippen molar-refractivity contribution in [3.05, 3.63) is 71.0 Å². The molecule has 2 unspecified atom stereocenters. The summed E-state index contributed by atoms with van der Waals surface area (Å²) < 4.78 is 25.8. The van der Waals surface area contributed by atoms with E-state index in [0.717, 1.165) is 0 Å². The standard InChI is InChI=1S/C21H19Cl3N4O3S/c22-17-4-2-1-3-16(17)19(20(25)29)12-5-6-15(18(7-12)32(26,30)31)13-9-27-28(10-13)11-14-8-21(14,23)24/h1-7,9-10,14,19H,8,11H2,(H2,25,29)(H2,26,30,31). The van der Waals surface area contributed by atoms with Gasteiger partial charge in [-0.3, -0.25) is 9.48 Å². The second kappa shape index (κ2) is 8.35. The van der Waals surface area contributed by atoms with Gasteiger partial charge in [0.25, 0.3) is 0 Å². The van der Waals surface area contributed by atoms with Crippen LogP contribution >= 0.6 is 34.8 Å². The molecule has 0 spiro atoms. The number of primary amides is 1. The molecule has 32 heavy (non-hydrogen) atoms. The molecule has 0 radical (unpaired) electrons. The molecule has 168 valence electrons. The Labute approximate surface area is 200 Å². The highest BCUT2D eigenvalue weighted by Crippen LogP contribution is 2.53. The van der Waals surface area contributed by atoms with E-state index in [1.807, 2.05) is 0 Å². The molecular weight excluding hydrogens is 495 g/mol. The first-order valence-electron chi connectivity index (χ1n) is 9.58. The highest BCUT2D eigenvalue weighted by atomic mass is 35.5. The molecule has 4 rings (SSSR count). The minimum Gasteiger partial charge on any atom is -0.369 e. The summed E-state index contributed by atoms with van der Waals surface area (Å²) in [6.07, 6.45) is 3.90. The zero-order valence-electron chi connectivity index (χ0n) is 16.6. The Kier molecular flexibility index (Phi) is 6.02. The van der Waals surface area contributed by atoms with Crippen LogP contribution in [0, 0.1) is 5.92 Å². The molecule has 0 aliphatic heterocycles. The number of hydrogen-bond acceptors (Lipinski definition) is 4. The van der Waals surface area contributed by atoms with E-state index >= 15 is 0 Å². The van der Waals surface area contributed by atoms with Crippen LogP contribution in [0.2, 0.25) is 5.02 Å². The average molecular weight is 514 g/mol. The van der Waals surface area contributed by atoms with Gasteiger partial charge in [0.1, 0.15) is 4.33 Å². The number of benzene rings is 2. The van der Waals surface area contributed by atoms with Crippen molar-refractivity contribution in [2.45, 2.75) is 28.1 Å². The van der Waals surface area contributed by atoms with Crippen molar-refractivity contribution in [2.24, 2.45) is 16.8 Å². The largest absolute Gasteiger partial charge is 0.369 e. The number of hydrogen-bond donors (Lipinski definition) is 2. The zero-order chi connectivity index (χ0) is 23.3. The molecule has 0 saturated heterocycles. The number of carbonyl (C=O) groups excluding carboxylic acids is 1. The van der Waals surface area contributed by atoms with Crippen LogP contribution in [0.25, 0.3) is 11.1 Å². The predicted octanol–water partition coefficient (Wildman–Crippen LogP) is 3.66. The Hall–Kier alpha value is -2.10. The minimum absolute atomic E-state index is 0.0746. The van der Waals surface area contributed by atoms with E-state index in [-0.39, 0.29) is 10.8 Å². The molecule has 2 atom stereocenters. The lowest BCUT2D eigenvalue weighted by atomic mass is 9.89. The van der Waals surface area contributed by atoms with E-state index in [1.165, 1.54) is 12.3 Å². The van der Waals surface area contributed by atoms with E-state index in [9.17, 15) is 13.2 Å². The van der Waals surface area contributed by atoms with Gasteiger partial charge in [0.2, 0.25) is 15.9 Å². The van der Waals surface area contributed by atoms with Gasteiger partial charge in [0, 0.05) is 34.8 Å². The van der Waals surface area contributed by atoms with Crippen molar-refractivity contribution in [1.82, 2.24) is 9.78 Å². The maximum Gasteiger partial charge on any atom is 0.238 e. The monoisotopic (exact) mass is 512 g/mol. The summed E-state index contributed by atoms with van der Waals surface area (Å²) in [6, 6.07) is 11.3. The van der Waals surface area contributed by atoms with E-state index in [0.29, 0.717) is 40.2 Å². The highest BCUT2D eigenvalue weighted by Gasteiger charge is 2.51. The highest BCUT2D eigenvalue weighted by molar-refractivity contribution is 7.89. The number of rotatable bonds is 7. The van der Waals surface area contributed by atoms with Gasteiger partial charge in [0.15, 0.2) is 0 Å². The third-order valence-electron chi connectivity index (χ3n) is 5.45. The third-order valence-corrected chi connectivity index (χ3v) is 7.67. The van der Waals surface area contributed by atoms with E-state index in [4.69, 9.17) is 45.7 Å². The quantitative estimate of drug-likeness (QED) is 0.468. The molecule has 7 nitrogen and oxygen atoms in total. The van der Waals surface area contributed by atoms with Crippen molar-refractivity contribution in [1.29, 1.82) is 0 Å². The van der Waals surface area contributed by atoms with Crippen LogP contribution in [0.5, 0.6) is 0 Å². The van der Waals surface area contributed by atoms with E-state index in [1.54, 1.807) is 47.3 Å². The maximum absolute atomic E-state index is 12.4. The molecule has 1 amide bonds. The molecule has 0 bridgehead atoms. The SMILES string of the molecule is NC(=O)C(c1ccc(-c2cnn(CC3CC3(Cl)Cl)c2)c(S(N)(=O)=O)c1)c1ccccc1Cl. The summed E-state index contributed by atoms with van der Waals surface area (Å²) in [4.78, 5) is 12.1. The van der Waals surface area contributed by atoms with Crippen LogP contribution in [0.3, 0.4) is 0 Å². The Morgan fingerprint density at radius 3 is 2.53 bits per heavy atom. The molecule has 1 aliphatic carbocycles. The Bertz CT molecular complexity index is 1310. The Morgan fingerprint density at radius 1 is 1.25 bits per heavy atom. The first-order valence-corrected chi connectivity index (χ1v) is 12.3. The molecule has 1 fully saturated rings. The molecule has 1 heterocycles. The number of sulfonamides is 1. The molecular formula is C21H19Cl3N4O3S. The smallest absolute Gasteiger partial charge is 0.238 e. The molecule has 4 N–H and O–H groups in total. The van der Waals surface area contributed by atoms with Crippen molar-refractivity contribution in [3.8, 4) is 11.1 Å². The predicted molar refractivity (Wildman–Crippen MR) is 124 cm³/mol. The summed E-state index contributed by atoms with van der Waals surface area (Å²) in [5.41, 5.74) is 7.37. The fourth-order valence-corrected chi connectivity index (χ4v) is 5.24. The fraction of sp³-hybridized carbons (Fsp3) is 0.238. The normalized spacial score (nSPS) is 18.3. The van der Waals surface area contributed by atoms with Crippen LogP contribution in [-0.2, 0) is 21.4 Å². The lowest BCUT2D eigenvalue weighted by Gasteiger charge is -2.18. The summed E-state index contributed by atoms with van der Waals surface area (Å²) in [5, 5.41) is 10.1. The second-order valence-electron chi connectivity index (χ2n) is 7.77. The lowest BCUT2D eigenvalue weighted by Crippen LogP contribution is -2.23. The van der Waals surface area contributed by atoms with Gasteiger partial charge in [-0.15, -0.1) is 23.2 Å². The second-order valence-corrected chi connectivity index (χ2v) is 11.3. The minimum atomic E-state index is -4.14. The number of amides is 1. The zero-order valence-corrected chi connectivity index (χ0v) is 19.7. The lowest BCUT2D eigenvalue weighted by molar-refractivity contribution is -0.118. The van der Waals surface area contributed by atoms with Crippen molar-refractivity contribution in [2.75, 3.05) is 0 Å². The molecule has 1 aromatic heterocycles. The number of primary sulfonamides is 1. The van der Waals surface area contributed by atoms with E-state index in [2.05, 4.69) is 5.10 Å². The van der Waals surface area contributed by atoms with Gasteiger partial charge in [-0.1, -0.05) is 41.9 Å². The number of halogens is 3. The van der Waals surface area contributed by atoms with Gasteiger partial charge >= 0.3 is 0 Å². The number of nitrogens with two attached hydrogens (primary N) is 2. The first-order chi connectivity index (χ1) is 15.0. The Balaban J connectivity index is 1.75. The third kappa shape index (κ3) is 4.65. The number of alkyl halides is 2. The molecule has 11 heteroatoms. The van der Waals surface area contributed by atoms with Crippen LogP contribution in [0.1, 0.15) is 23.5 Å². The molecule has 2 aromatic carbocycles. The summed E-state index contributed by atoms with van der Waals surface area (Å²) in [7, 11) is -4.14. The van der Waals surface area contributed by atoms with Gasteiger partial charge in [0.05, 0.1) is 17.0 Å². The van der Waals surface area contributed by atoms with Crippen LogP contribution in [0.4, 0.5) is 0 Å². The van der Waals surface area contributed by atoms with Crippen molar-refractivity contribution in [3.63, 3.8) is 0 Å². The number of carbonyl (C=O) groups is 1. The van der Waals surface area contributed by atoms with Gasteiger partial charge in [-0.25, -0.2) is 13.6 Å². The molecule has 1 aliphatic rings. The average Bonchev–Trinajstić information content (AvgIpc) is 3.08. The maximum atomic E-state index is 12.4. The van der Waals surface area contributed by atoms with Crippen LogP contribution < -0.4 is 10.9 Å². The van der Waals surface area contributed by atoms with Crippen molar-refractivity contribution < 1.29 is 13.2 Å². The van der Waals surface area contributed by atoms with Crippen LogP contribution in [0.15, 0.2) is 59.8 Å². The van der Waals surface area contributed by atoms with E-state index < -0.39 is 26.2 Å². The van der Waals surface area contributed by atoms with Crippen molar-refractivity contribution >= 4 is 50.7 Å². The van der Waals surface area contributed by atoms with Gasteiger partial charge in [-0.05, 0) is 29.7 Å². The van der Waals surface area contributed by atoms with Gasteiger partial charge < -0.3 is 5.73 Å². The number of aromatic nitrogens is 2. The Morgan fingerprint density at radius 2 is 1.94 bits per heavy atom. The summed E-state index contributed by atoms with van der Waals surface area (Å²) >= 11 is 18.4.